The van der Waals surface area contributed by atoms with Gasteiger partial charge in [0.1, 0.15) is 0 Å². The first-order valence-electron chi connectivity index (χ1n) is 6.92. The first-order chi connectivity index (χ1) is 9.06. The summed E-state index contributed by atoms with van der Waals surface area (Å²) in [6.07, 6.45) is 4.51. The maximum Gasteiger partial charge on any atom is 0.303 e. The standard InChI is InChI=1S/C11H13N.C5H10O2/c1-8-4-2-3-5-10(8)11(12)9-6-7-9;1-2-3-4-5(6)7/h2-5,9,12H,6-7H2,1H3;2-4H2,1H3,(H,6,7). The zero-order valence-electron chi connectivity index (χ0n) is 11.8. The highest BCUT2D eigenvalue weighted by Gasteiger charge is 2.27. The monoisotopic (exact) mass is 261 g/mol. The van der Waals surface area contributed by atoms with Gasteiger partial charge in [-0.15, -0.1) is 0 Å². The Balaban J connectivity index is 0.000000224. The summed E-state index contributed by atoms with van der Waals surface area (Å²) >= 11 is 0. The number of aryl methyl sites for hydroxylation is 1. The lowest BCUT2D eigenvalue weighted by Gasteiger charge is -2.04. The summed E-state index contributed by atoms with van der Waals surface area (Å²) in [6.45, 7) is 4.05. The molecule has 1 aliphatic rings. The van der Waals surface area contributed by atoms with E-state index in [0.29, 0.717) is 12.3 Å². The Hall–Kier alpha value is -1.64. The topological polar surface area (TPSA) is 61.1 Å². The van der Waals surface area contributed by atoms with Crippen molar-refractivity contribution in [1.29, 1.82) is 5.41 Å². The average molecular weight is 261 g/mol. The van der Waals surface area contributed by atoms with E-state index in [0.717, 1.165) is 24.1 Å². The minimum absolute atomic E-state index is 0.316. The molecule has 0 radical (unpaired) electrons. The van der Waals surface area contributed by atoms with Gasteiger partial charge in [-0.2, -0.15) is 0 Å². The van der Waals surface area contributed by atoms with Gasteiger partial charge in [0.25, 0.3) is 0 Å². The van der Waals surface area contributed by atoms with Crippen molar-refractivity contribution in [3.05, 3.63) is 35.4 Å². The smallest absolute Gasteiger partial charge is 0.303 e. The summed E-state index contributed by atoms with van der Waals surface area (Å²) in [5.41, 5.74) is 3.21. The van der Waals surface area contributed by atoms with Gasteiger partial charge in [-0.05, 0) is 37.3 Å². The number of carbonyl (C=O) groups is 1. The zero-order valence-corrected chi connectivity index (χ0v) is 11.8. The minimum atomic E-state index is -0.693. The Kier molecular flexibility index (Phi) is 6.26. The van der Waals surface area contributed by atoms with Crippen LogP contribution in [-0.2, 0) is 4.79 Å². The third-order valence-electron chi connectivity index (χ3n) is 3.17. The van der Waals surface area contributed by atoms with Gasteiger partial charge in [0.05, 0.1) is 0 Å². The van der Waals surface area contributed by atoms with Crippen LogP contribution in [0.4, 0.5) is 0 Å². The fraction of sp³-hybridized carbons (Fsp3) is 0.500. The number of hydrogen-bond acceptors (Lipinski definition) is 2. The number of unbranched alkanes of at least 4 members (excludes halogenated alkanes) is 1. The Labute approximate surface area is 115 Å². The molecule has 104 valence electrons. The Morgan fingerprint density at radius 3 is 2.42 bits per heavy atom. The second-order valence-corrected chi connectivity index (χ2v) is 5.00. The molecular weight excluding hydrogens is 238 g/mol. The van der Waals surface area contributed by atoms with E-state index in [1.165, 1.54) is 18.4 Å². The Bertz CT molecular complexity index is 436. The van der Waals surface area contributed by atoms with Gasteiger partial charge < -0.3 is 10.5 Å². The molecule has 0 heterocycles. The summed E-state index contributed by atoms with van der Waals surface area (Å²) in [7, 11) is 0. The third-order valence-corrected chi connectivity index (χ3v) is 3.17. The molecule has 2 N–H and O–H groups in total. The number of carboxylic acids is 1. The van der Waals surface area contributed by atoms with E-state index in [1.807, 2.05) is 19.1 Å². The van der Waals surface area contributed by atoms with Crippen molar-refractivity contribution >= 4 is 11.7 Å². The van der Waals surface area contributed by atoms with Crippen LogP contribution in [0.15, 0.2) is 24.3 Å². The SMILES string of the molecule is CCCCC(=O)O.Cc1ccccc1C(=N)C1CC1. The first kappa shape index (κ1) is 15.4. The Morgan fingerprint density at radius 1 is 1.37 bits per heavy atom. The molecule has 0 amide bonds. The van der Waals surface area contributed by atoms with Gasteiger partial charge in [-0.1, -0.05) is 37.6 Å². The highest BCUT2D eigenvalue weighted by atomic mass is 16.4. The Morgan fingerprint density at radius 2 is 2.00 bits per heavy atom. The van der Waals surface area contributed by atoms with E-state index in [4.69, 9.17) is 10.5 Å². The maximum atomic E-state index is 9.76. The van der Waals surface area contributed by atoms with Gasteiger partial charge >= 0.3 is 5.97 Å². The maximum absolute atomic E-state index is 9.76. The number of carboxylic acid groups (broad SMARTS) is 1. The molecule has 0 bridgehead atoms. The van der Waals surface area contributed by atoms with Crippen molar-refractivity contribution in [2.75, 3.05) is 0 Å². The summed E-state index contributed by atoms with van der Waals surface area (Å²) in [5, 5.41) is 15.9. The minimum Gasteiger partial charge on any atom is -0.481 e. The van der Waals surface area contributed by atoms with Crippen LogP contribution in [0, 0.1) is 18.3 Å². The lowest BCUT2D eigenvalue weighted by molar-refractivity contribution is -0.137. The molecule has 3 heteroatoms. The van der Waals surface area contributed by atoms with E-state index in [2.05, 4.69) is 19.1 Å². The van der Waals surface area contributed by atoms with Crippen LogP contribution >= 0.6 is 0 Å². The first-order valence-corrected chi connectivity index (χ1v) is 6.92. The van der Waals surface area contributed by atoms with E-state index in [9.17, 15) is 4.79 Å². The summed E-state index contributed by atoms with van der Waals surface area (Å²) in [6, 6.07) is 8.17. The second kappa shape index (κ2) is 7.72. The normalized spacial score (nSPS) is 13.4. The van der Waals surface area contributed by atoms with Crippen LogP contribution in [0.2, 0.25) is 0 Å². The third kappa shape index (κ3) is 5.69. The number of benzene rings is 1. The number of aliphatic carboxylic acids is 1. The lowest BCUT2D eigenvalue weighted by Crippen LogP contribution is -2.03. The summed E-state index contributed by atoms with van der Waals surface area (Å²) in [5.74, 6) is -0.132. The van der Waals surface area contributed by atoms with Crippen molar-refractivity contribution in [2.45, 2.75) is 46.0 Å². The molecule has 1 aliphatic carbocycles. The molecule has 2 rings (SSSR count). The molecule has 0 atom stereocenters. The molecule has 1 saturated carbocycles. The van der Waals surface area contributed by atoms with Crippen LogP contribution in [0.1, 0.15) is 50.2 Å². The van der Waals surface area contributed by atoms with Gasteiger partial charge in [0.2, 0.25) is 0 Å². The highest BCUT2D eigenvalue weighted by molar-refractivity contribution is 6.02. The van der Waals surface area contributed by atoms with Crippen LogP contribution < -0.4 is 0 Å². The average Bonchev–Trinajstić information content (AvgIpc) is 3.21. The number of hydrogen-bond donors (Lipinski definition) is 2. The molecule has 3 nitrogen and oxygen atoms in total. The highest BCUT2D eigenvalue weighted by Crippen LogP contribution is 2.33. The predicted molar refractivity (Wildman–Crippen MR) is 77.9 cm³/mol. The molecule has 1 aromatic rings. The van der Waals surface area contributed by atoms with Gasteiger partial charge in [-0.25, -0.2) is 0 Å². The van der Waals surface area contributed by atoms with Crippen LogP contribution in [0.5, 0.6) is 0 Å². The summed E-state index contributed by atoms with van der Waals surface area (Å²) in [4.78, 5) is 9.76. The quantitative estimate of drug-likeness (QED) is 0.786. The van der Waals surface area contributed by atoms with Crippen molar-refractivity contribution in [3.63, 3.8) is 0 Å². The van der Waals surface area contributed by atoms with Crippen molar-refractivity contribution in [1.82, 2.24) is 0 Å². The molecule has 0 aromatic heterocycles. The van der Waals surface area contributed by atoms with Crippen molar-refractivity contribution in [3.8, 4) is 0 Å². The lowest BCUT2D eigenvalue weighted by atomic mass is 10.0. The number of rotatable bonds is 5. The number of nitrogens with one attached hydrogen (secondary N) is 1. The molecular formula is C16H23NO2. The molecule has 0 unspecified atom stereocenters. The van der Waals surface area contributed by atoms with E-state index in [-0.39, 0.29) is 0 Å². The van der Waals surface area contributed by atoms with E-state index in [1.54, 1.807) is 0 Å². The zero-order chi connectivity index (χ0) is 14.3. The molecule has 0 spiro atoms. The molecule has 1 aromatic carbocycles. The molecule has 1 fully saturated rings. The van der Waals surface area contributed by atoms with Crippen LogP contribution in [0.3, 0.4) is 0 Å². The van der Waals surface area contributed by atoms with Crippen LogP contribution in [0.25, 0.3) is 0 Å². The molecule has 0 saturated heterocycles. The largest absolute Gasteiger partial charge is 0.481 e. The molecule has 19 heavy (non-hydrogen) atoms. The van der Waals surface area contributed by atoms with Crippen LogP contribution in [-0.4, -0.2) is 16.8 Å². The van der Waals surface area contributed by atoms with E-state index < -0.39 is 5.97 Å². The fourth-order valence-corrected chi connectivity index (χ4v) is 1.80. The predicted octanol–water partition coefficient (Wildman–Crippen LogP) is 4.03. The van der Waals surface area contributed by atoms with Crippen molar-refractivity contribution < 1.29 is 9.90 Å². The summed E-state index contributed by atoms with van der Waals surface area (Å²) < 4.78 is 0. The molecule has 0 aliphatic heterocycles. The van der Waals surface area contributed by atoms with Gasteiger partial charge in [-0.3, -0.25) is 4.79 Å². The fourth-order valence-electron chi connectivity index (χ4n) is 1.80. The van der Waals surface area contributed by atoms with Gasteiger partial charge in [0, 0.05) is 18.1 Å². The van der Waals surface area contributed by atoms with E-state index >= 15 is 0 Å². The second-order valence-electron chi connectivity index (χ2n) is 5.00. The van der Waals surface area contributed by atoms with Gasteiger partial charge in [0.15, 0.2) is 0 Å². The van der Waals surface area contributed by atoms with Crippen molar-refractivity contribution in [2.24, 2.45) is 5.92 Å².